The van der Waals surface area contributed by atoms with E-state index in [1.807, 2.05) is 23.0 Å². The van der Waals surface area contributed by atoms with Gasteiger partial charge >= 0.3 is 0 Å². The van der Waals surface area contributed by atoms with Crippen molar-refractivity contribution in [2.24, 2.45) is 0 Å². The molecule has 0 fully saturated rings. The molecule has 1 aromatic carbocycles. The van der Waals surface area contributed by atoms with Crippen LogP contribution in [-0.4, -0.2) is 16.3 Å². The molecule has 20 heavy (non-hydrogen) atoms. The van der Waals surface area contributed by atoms with Gasteiger partial charge in [0.15, 0.2) is 0 Å². The molecular weight excluding hydrogens is 270 g/mol. The van der Waals surface area contributed by atoms with Gasteiger partial charge in [0, 0.05) is 23.3 Å². The van der Waals surface area contributed by atoms with E-state index in [0.29, 0.717) is 0 Å². The van der Waals surface area contributed by atoms with Gasteiger partial charge in [0.25, 0.3) is 0 Å². The van der Waals surface area contributed by atoms with E-state index < -0.39 is 0 Å². The van der Waals surface area contributed by atoms with E-state index in [-0.39, 0.29) is 6.04 Å². The lowest BCUT2D eigenvalue weighted by molar-refractivity contribution is 0.597. The van der Waals surface area contributed by atoms with E-state index in [9.17, 15) is 0 Å². The van der Waals surface area contributed by atoms with Crippen molar-refractivity contribution in [3.8, 4) is 0 Å². The van der Waals surface area contributed by atoms with E-state index >= 15 is 0 Å². The zero-order valence-corrected chi connectivity index (χ0v) is 13.1. The molecule has 0 amide bonds. The highest BCUT2D eigenvalue weighted by molar-refractivity contribution is 6.30. The van der Waals surface area contributed by atoms with Crippen LogP contribution in [0.2, 0.25) is 5.02 Å². The molecule has 2 rings (SSSR count). The van der Waals surface area contributed by atoms with Crippen molar-refractivity contribution in [1.82, 2.24) is 15.1 Å². The Kier molecular flexibility index (Phi) is 5.21. The number of rotatable bonds is 6. The molecule has 2 aromatic rings. The summed E-state index contributed by atoms with van der Waals surface area (Å²) in [6.45, 7) is 8.24. The predicted molar refractivity (Wildman–Crippen MR) is 84.2 cm³/mol. The Balaban J connectivity index is 2.34. The van der Waals surface area contributed by atoms with E-state index in [1.54, 1.807) is 0 Å². The third-order valence-corrected chi connectivity index (χ3v) is 3.63. The Labute approximate surface area is 126 Å². The van der Waals surface area contributed by atoms with Crippen molar-refractivity contribution in [3.63, 3.8) is 0 Å². The molecule has 1 unspecified atom stereocenters. The molecular formula is C16H22ClN3. The van der Waals surface area contributed by atoms with Gasteiger partial charge in [-0.15, -0.1) is 0 Å². The lowest BCUT2D eigenvalue weighted by Crippen LogP contribution is -2.22. The first kappa shape index (κ1) is 15.1. The first-order valence-corrected chi connectivity index (χ1v) is 7.55. The SMILES string of the molecule is CCCn1cc(C(NCC)c2ccc(Cl)cc2C)cn1. The quantitative estimate of drug-likeness (QED) is 0.873. The van der Waals surface area contributed by atoms with Crippen molar-refractivity contribution in [2.45, 2.75) is 39.8 Å². The van der Waals surface area contributed by atoms with Crippen LogP contribution >= 0.6 is 11.6 Å². The van der Waals surface area contributed by atoms with Crippen molar-refractivity contribution in [1.29, 1.82) is 0 Å². The van der Waals surface area contributed by atoms with Crippen molar-refractivity contribution in [3.05, 3.63) is 52.3 Å². The molecule has 0 radical (unpaired) electrons. The first-order chi connectivity index (χ1) is 9.65. The van der Waals surface area contributed by atoms with Gasteiger partial charge in [-0.3, -0.25) is 4.68 Å². The van der Waals surface area contributed by atoms with Crippen LogP contribution in [0, 0.1) is 6.92 Å². The molecule has 0 spiro atoms. The Morgan fingerprint density at radius 1 is 1.35 bits per heavy atom. The Morgan fingerprint density at radius 2 is 2.15 bits per heavy atom. The average Bonchev–Trinajstić information content (AvgIpc) is 2.86. The molecule has 0 aliphatic heterocycles. The third kappa shape index (κ3) is 3.41. The van der Waals surface area contributed by atoms with Crippen LogP contribution in [0.15, 0.2) is 30.6 Å². The van der Waals surface area contributed by atoms with E-state index in [0.717, 1.165) is 24.5 Å². The van der Waals surface area contributed by atoms with Crippen molar-refractivity contribution < 1.29 is 0 Å². The largest absolute Gasteiger partial charge is 0.306 e. The number of benzene rings is 1. The molecule has 1 aromatic heterocycles. The maximum absolute atomic E-state index is 6.05. The van der Waals surface area contributed by atoms with Gasteiger partial charge in [0.1, 0.15) is 0 Å². The summed E-state index contributed by atoms with van der Waals surface area (Å²) in [5, 5.41) is 8.75. The van der Waals surface area contributed by atoms with Crippen LogP contribution in [0.25, 0.3) is 0 Å². The summed E-state index contributed by atoms with van der Waals surface area (Å²) in [7, 11) is 0. The van der Waals surface area contributed by atoms with E-state index in [2.05, 4.69) is 43.4 Å². The number of hydrogen-bond donors (Lipinski definition) is 1. The minimum absolute atomic E-state index is 0.169. The minimum atomic E-state index is 0.169. The van der Waals surface area contributed by atoms with Crippen LogP contribution in [0.5, 0.6) is 0 Å². The minimum Gasteiger partial charge on any atom is -0.306 e. The second-order valence-corrected chi connectivity index (χ2v) is 5.46. The molecule has 4 heteroatoms. The number of hydrogen-bond acceptors (Lipinski definition) is 2. The fraction of sp³-hybridized carbons (Fsp3) is 0.438. The van der Waals surface area contributed by atoms with Crippen LogP contribution in [-0.2, 0) is 6.54 Å². The van der Waals surface area contributed by atoms with Gasteiger partial charge in [-0.1, -0.05) is 31.5 Å². The van der Waals surface area contributed by atoms with Crippen LogP contribution in [0.3, 0.4) is 0 Å². The summed E-state index contributed by atoms with van der Waals surface area (Å²) in [5.41, 5.74) is 3.66. The van der Waals surface area contributed by atoms with Crippen molar-refractivity contribution in [2.75, 3.05) is 6.54 Å². The molecule has 0 saturated carbocycles. The monoisotopic (exact) mass is 291 g/mol. The maximum atomic E-state index is 6.05. The van der Waals surface area contributed by atoms with E-state index in [4.69, 9.17) is 11.6 Å². The molecule has 1 heterocycles. The molecule has 0 aliphatic rings. The fourth-order valence-electron chi connectivity index (χ4n) is 2.45. The third-order valence-electron chi connectivity index (χ3n) is 3.39. The summed E-state index contributed by atoms with van der Waals surface area (Å²) in [4.78, 5) is 0. The normalized spacial score (nSPS) is 12.6. The lowest BCUT2D eigenvalue weighted by Gasteiger charge is -2.19. The summed E-state index contributed by atoms with van der Waals surface area (Å²) >= 11 is 6.05. The smallest absolute Gasteiger partial charge is 0.0610 e. The Hall–Kier alpha value is -1.32. The summed E-state index contributed by atoms with van der Waals surface area (Å²) < 4.78 is 2.00. The first-order valence-electron chi connectivity index (χ1n) is 7.17. The highest BCUT2D eigenvalue weighted by Gasteiger charge is 2.17. The van der Waals surface area contributed by atoms with Gasteiger partial charge in [0.05, 0.1) is 12.2 Å². The van der Waals surface area contributed by atoms with Gasteiger partial charge < -0.3 is 5.32 Å². The van der Waals surface area contributed by atoms with Crippen molar-refractivity contribution >= 4 is 11.6 Å². The van der Waals surface area contributed by atoms with Gasteiger partial charge in [-0.05, 0) is 43.1 Å². The van der Waals surface area contributed by atoms with E-state index in [1.165, 1.54) is 16.7 Å². The number of aryl methyl sites for hydroxylation is 2. The number of nitrogens with zero attached hydrogens (tertiary/aromatic N) is 2. The molecule has 0 aliphatic carbocycles. The van der Waals surface area contributed by atoms with Gasteiger partial charge in [0.2, 0.25) is 0 Å². The Morgan fingerprint density at radius 3 is 2.80 bits per heavy atom. The summed E-state index contributed by atoms with van der Waals surface area (Å²) in [6.07, 6.45) is 5.18. The van der Waals surface area contributed by atoms with Crippen LogP contribution < -0.4 is 5.32 Å². The average molecular weight is 292 g/mol. The molecule has 1 N–H and O–H groups in total. The predicted octanol–water partition coefficient (Wildman–Crippen LogP) is 3.95. The maximum Gasteiger partial charge on any atom is 0.0610 e. The molecule has 0 bridgehead atoms. The molecule has 0 saturated heterocycles. The summed E-state index contributed by atoms with van der Waals surface area (Å²) in [5.74, 6) is 0. The highest BCUT2D eigenvalue weighted by atomic mass is 35.5. The second kappa shape index (κ2) is 6.91. The zero-order valence-electron chi connectivity index (χ0n) is 12.4. The molecule has 3 nitrogen and oxygen atoms in total. The topological polar surface area (TPSA) is 29.9 Å². The van der Waals surface area contributed by atoms with Crippen LogP contribution in [0.1, 0.15) is 43.0 Å². The Bertz CT molecular complexity index is 563. The number of nitrogens with one attached hydrogen (secondary N) is 1. The molecule has 1 atom stereocenters. The summed E-state index contributed by atoms with van der Waals surface area (Å²) in [6, 6.07) is 6.23. The zero-order chi connectivity index (χ0) is 14.5. The lowest BCUT2D eigenvalue weighted by atomic mass is 9.97. The number of halogens is 1. The molecule has 108 valence electrons. The van der Waals surface area contributed by atoms with Gasteiger partial charge in [-0.25, -0.2) is 0 Å². The highest BCUT2D eigenvalue weighted by Crippen LogP contribution is 2.26. The number of aromatic nitrogens is 2. The second-order valence-electron chi connectivity index (χ2n) is 5.03. The van der Waals surface area contributed by atoms with Crippen LogP contribution in [0.4, 0.5) is 0 Å². The van der Waals surface area contributed by atoms with Gasteiger partial charge in [-0.2, -0.15) is 5.10 Å². The standard InChI is InChI=1S/C16H22ClN3/c1-4-8-20-11-13(10-19-20)16(18-5-2)15-7-6-14(17)9-12(15)3/h6-7,9-11,16,18H,4-5,8H2,1-3H3. The fourth-order valence-corrected chi connectivity index (χ4v) is 2.68.